The first-order chi connectivity index (χ1) is 7.29. The van der Waals surface area contributed by atoms with Crippen molar-refractivity contribution in [3.8, 4) is 0 Å². The summed E-state index contributed by atoms with van der Waals surface area (Å²) < 4.78 is 1.21. The molecule has 0 aromatic heterocycles. The molecular weight excluding hydrogens is 508 g/mol. The number of benzene rings is 1. The summed E-state index contributed by atoms with van der Waals surface area (Å²) >= 11 is 12.4. The lowest BCUT2D eigenvalue weighted by molar-refractivity contribution is 0.0649. The zero-order valence-electron chi connectivity index (χ0n) is 8.64. The summed E-state index contributed by atoms with van der Waals surface area (Å²) in [5.41, 5.74) is -0.621. The normalized spacial score (nSPS) is 9.11. The molecule has 0 amide bonds. The van der Waals surface area contributed by atoms with E-state index in [1.165, 1.54) is 0 Å². The maximum Gasteiger partial charge on any atom is 0.337 e. The fourth-order valence-electron chi connectivity index (χ4n) is 1.03. The Bertz CT molecular complexity index is 462. The highest BCUT2D eigenvalue weighted by Crippen LogP contribution is 2.42. The van der Waals surface area contributed by atoms with Gasteiger partial charge >= 0.3 is 11.9 Å². The van der Waals surface area contributed by atoms with Gasteiger partial charge in [0, 0.05) is 17.9 Å². The van der Waals surface area contributed by atoms with E-state index < -0.39 is 11.9 Å². The number of hydrogen-bond acceptors (Lipinski definition) is 4. The Morgan fingerprint density at radius 2 is 0.889 bits per heavy atom. The van der Waals surface area contributed by atoms with Crippen LogP contribution in [0.2, 0.25) is 0 Å². The van der Waals surface area contributed by atoms with Crippen molar-refractivity contribution in [1.82, 2.24) is 12.3 Å². The van der Waals surface area contributed by atoms with Crippen molar-refractivity contribution in [2.75, 3.05) is 0 Å². The van der Waals surface area contributed by atoms with Gasteiger partial charge in [-0.3, -0.25) is 0 Å². The highest BCUT2D eigenvalue weighted by molar-refractivity contribution is 9.15. The lowest BCUT2D eigenvalue weighted by atomic mass is 10.1. The maximum atomic E-state index is 11.0. The second kappa shape index (κ2) is 7.56. The van der Waals surface area contributed by atoms with Gasteiger partial charge in [0.2, 0.25) is 0 Å². The molecule has 8 N–H and O–H groups in total. The smallest absolute Gasteiger partial charge is 0.337 e. The molecule has 0 bridgehead atoms. The van der Waals surface area contributed by atoms with E-state index in [4.69, 9.17) is 10.2 Å². The van der Waals surface area contributed by atoms with Crippen molar-refractivity contribution in [2.24, 2.45) is 0 Å². The first-order valence-electron chi connectivity index (χ1n) is 3.61. The first kappa shape index (κ1) is 20.3. The second-order valence-corrected chi connectivity index (χ2v) is 5.79. The van der Waals surface area contributed by atoms with Crippen LogP contribution in [-0.4, -0.2) is 22.2 Å². The van der Waals surface area contributed by atoms with Gasteiger partial charge in [-0.15, -0.1) is 0 Å². The summed E-state index contributed by atoms with van der Waals surface area (Å²) in [6.07, 6.45) is 0. The van der Waals surface area contributed by atoms with Gasteiger partial charge in [-0.2, -0.15) is 0 Å². The van der Waals surface area contributed by atoms with Gasteiger partial charge in [0.15, 0.2) is 0 Å². The van der Waals surface area contributed by atoms with Gasteiger partial charge in [-0.05, 0) is 63.7 Å². The highest BCUT2D eigenvalue weighted by Gasteiger charge is 2.27. The van der Waals surface area contributed by atoms with Crippen LogP contribution in [0.15, 0.2) is 17.9 Å². The molecule has 0 spiro atoms. The molecule has 102 valence electrons. The highest BCUT2D eigenvalue weighted by atomic mass is 79.9. The molecule has 1 aromatic carbocycles. The van der Waals surface area contributed by atoms with E-state index in [9.17, 15) is 9.59 Å². The molecule has 0 atom stereocenters. The molecule has 0 unspecified atom stereocenters. The molecule has 0 fully saturated rings. The van der Waals surface area contributed by atoms with Crippen LogP contribution in [0.3, 0.4) is 0 Å². The van der Waals surface area contributed by atoms with Gasteiger partial charge in [0.25, 0.3) is 0 Å². The van der Waals surface area contributed by atoms with Crippen LogP contribution in [0.25, 0.3) is 0 Å². The fourth-order valence-corrected chi connectivity index (χ4v) is 3.49. The van der Waals surface area contributed by atoms with Crippen molar-refractivity contribution in [2.45, 2.75) is 0 Å². The van der Waals surface area contributed by atoms with Crippen LogP contribution < -0.4 is 12.3 Å². The third-order valence-electron chi connectivity index (χ3n) is 1.69. The summed E-state index contributed by atoms with van der Waals surface area (Å²) in [4.78, 5) is 22.0. The van der Waals surface area contributed by atoms with Gasteiger partial charge in [-0.1, -0.05) is 0 Å². The molecule has 0 aliphatic heterocycles. The van der Waals surface area contributed by atoms with Crippen LogP contribution in [-0.2, 0) is 0 Å². The summed E-state index contributed by atoms with van der Waals surface area (Å²) in [5, 5.41) is 18.0. The molecule has 0 aliphatic carbocycles. The largest absolute Gasteiger partial charge is 0.478 e. The molecule has 0 saturated carbocycles. The Labute approximate surface area is 136 Å². The average molecular weight is 516 g/mol. The number of hydrogen-bond donors (Lipinski definition) is 4. The molecule has 6 nitrogen and oxygen atoms in total. The monoisotopic (exact) mass is 512 g/mol. The SMILES string of the molecule is N.N.O=C(O)c1c(Br)c(Br)c(Br)c(Br)c1C(=O)O. The zero-order chi connectivity index (χ0) is 12.6. The summed E-state index contributed by atoms with van der Waals surface area (Å²) in [7, 11) is 0. The van der Waals surface area contributed by atoms with Crippen molar-refractivity contribution >= 4 is 75.7 Å². The van der Waals surface area contributed by atoms with Gasteiger partial charge in [-0.25, -0.2) is 9.59 Å². The zero-order valence-corrected chi connectivity index (χ0v) is 15.0. The minimum Gasteiger partial charge on any atom is -0.478 e. The molecule has 0 radical (unpaired) electrons. The topological polar surface area (TPSA) is 145 Å². The minimum absolute atomic E-state index is 0. The number of carbonyl (C=O) groups is 2. The third kappa shape index (κ3) is 3.52. The van der Waals surface area contributed by atoms with E-state index in [1.54, 1.807) is 0 Å². The molecular formula is C8H8Br4N2O4. The third-order valence-corrected chi connectivity index (χ3v) is 6.46. The fraction of sp³-hybridized carbons (Fsp3) is 0. The molecule has 0 aliphatic rings. The molecule has 1 rings (SSSR count). The van der Waals surface area contributed by atoms with Crippen LogP contribution in [0.5, 0.6) is 0 Å². The van der Waals surface area contributed by atoms with Gasteiger partial charge in [0.1, 0.15) is 0 Å². The summed E-state index contributed by atoms with van der Waals surface area (Å²) in [6, 6.07) is 0. The quantitative estimate of drug-likeness (QED) is 0.338. The Hall–Kier alpha value is -0.000000000000000222. The lowest BCUT2D eigenvalue weighted by Gasteiger charge is -2.11. The number of carboxylic acids is 2. The van der Waals surface area contributed by atoms with E-state index in [-0.39, 0.29) is 32.4 Å². The van der Waals surface area contributed by atoms with Crippen molar-refractivity contribution in [1.29, 1.82) is 0 Å². The first-order valence-corrected chi connectivity index (χ1v) is 6.78. The van der Waals surface area contributed by atoms with Crippen molar-refractivity contribution < 1.29 is 19.8 Å². The Balaban J connectivity index is 0. The van der Waals surface area contributed by atoms with Crippen LogP contribution >= 0.6 is 63.7 Å². The van der Waals surface area contributed by atoms with Crippen molar-refractivity contribution in [3.63, 3.8) is 0 Å². The standard InChI is InChI=1S/C8H2Br4O4.2H3N/c9-3-1(7(13)14)2(8(15)16)4(10)6(12)5(3)11;;/h(H,13,14)(H,15,16);2*1H3. The number of halogens is 4. The maximum absolute atomic E-state index is 11.0. The van der Waals surface area contributed by atoms with E-state index in [2.05, 4.69) is 63.7 Å². The van der Waals surface area contributed by atoms with Gasteiger partial charge in [0.05, 0.1) is 11.1 Å². The Morgan fingerprint density at radius 3 is 1.06 bits per heavy atom. The Kier molecular flexibility index (Phi) is 8.53. The lowest BCUT2D eigenvalue weighted by Crippen LogP contribution is -2.11. The molecule has 0 saturated heterocycles. The Morgan fingerprint density at radius 1 is 0.667 bits per heavy atom. The van der Waals surface area contributed by atoms with E-state index >= 15 is 0 Å². The molecule has 1 aromatic rings. The number of rotatable bonds is 2. The molecule has 0 heterocycles. The van der Waals surface area contributed by atoms with E-state index in [0.29, 0.717) is 8.95 Å². The molecule has 18 heavy (non-hydrogen) atoms. The van der Waals surface area contributed by atoms with Crippen LogP contribution in [0, 0.1) is 0 Å². The van der Waals surface area contributed by atoms with Crippen LogP contribution in [0.1, 0.15) is 20.7 Å². The number of aromatic carboxylic acids is 2. The number of carboxylic acid groups (broad SMARTS) is 2. The van der Waals surface area contributed by atoms with Gasteiger partial charge < -0.3 is 22.5 Å². The molecule has 10 heteroatoms. The second-order valence-electron chi connectivity index (χ2n) is 2.62. The van der Waals surface area contributed by atoms with E-state index in [0.717, 1.165) is 0 Å². The predicted octanol–water partition coefficient (Wildman–Crippen LogP) is 4.46. The van der Waals surface area contributed by atoms with Crippen LogP contribution in [0.4, 0.5) is 0 Å². The van der Waals surface area contributed by atoms with Crippen molar-refractivity contribution in [3.05, 3.63) is 29.0 Å². The average Bonchev–Trinajstić information content (AvgIpc) is 2.18. The predicted molar refractivity (Wildman–Crippen MR) is 81.2 cm³/mol. The summed E-state index contributed by atoms with van der Waals surface area (Å²) in [5.74, 6) is -2.64. The summed E-state index contributed by atoms with van der Waals surface area (Å²) in [6.45, 7) is 0. The van der Waals surface area contributed by atoms with E-state index in [1.807, 2.05) is 0 Å². The minimum atomic E-state index is -1.32.